The molecule has 0 unspecified atom stereocenters. The highest BCUT2D eigenvalue weighted by molar-refractivity contribution is 7.92. The molecule has 0 saturated carbocycles. The highest BCUT2D eigenvalue weighted by Crippen LogP contribution is 2.28. The van der Waals surface area contributed by atoms with Gasteiger partial charge in [0, 0.05) is 11.4 Å². The minimum Gasteiger partial charge on any atom is -0.495 e. The van der Waals surface area contributed by atoms with Crippen LogP contribution in [-0.4, -0.2) is 15.5 Å². The second kappa shape index (κ2) is 6.86. The molecule has 25 heavy (non-hydrogen) atoms. The van der Waals surface area contributed by atoms with Gasteiger partial charge < -0.3 is 10.5 Å². The van der Waals surface area contributed by atoms with Gasteiger partial charge in [0.05, 0.1) is 7.11 Å². The lowest BCUT2D eigenvalue weighted by molar-refractivity contribution is 0.403. The van der Waals surface area contributed by atoms with E-state index >= 15 is 0 Å². The quantitative estimate of drug-likeness (QED) is 0.684. The van der Waals surface area contributed by atoms with E-state index in [1.165, 1.54) is 19.2 Å². The van der Waals surface area contributed by atoms with E-state index in [2.05, 4.69) is 4.72 Å². The Labute approximate surface area is 147 Å². The van der Waals surface area contributed by atoms with Crippen molar-refractivity contribution in [1.29, 1.82) is 0 Å². The maximum absolute atomic E-state index is 12.6. The predicted molar refractivity (Wildman–Crippen MR) is 100 cm³/mol. The van der Waals surface area contributed by atoms with Crippen LogP contribution in [0.25, 0.3) is 11.1 Å². The molecule has 6 heteroatoms. The topological polar surface area (TPSA) is 81.4 Å². The maximum Gasteiger partial charge on any atom is 0.265 e. The summed E-state index contributed by atoms with van der Waals surface area (Å²) >= 11 is 0. The van der Waals surface area contributed by atoms with Gasteiger partial charge in [0.25, 0.3) is 10.0 Å². The summed E-state index contributed by atoms with van der Waals surface area (Å²) in [4.78, 5) is 0.00198. The molecule has 3 rings (SSSR count). The molecule has 0 fully saturated rings. The Balaban J connectivity index is 1.88. The first kappa shape index (κ1) is 16.9. The van der Waals surface area contributed by atoms with Crippen LogP contribution in [0.1, 0.15) is 0 Å². The summed E-state index contributed by atoms with van der Waals surface area (Å²) in [7, 11) is -2.40. The number of benzene rings is 3. The van der Waals surface area contributed by atoms with E-state index in [9.17, 15) is 8.42 Å². The van der Waals surface area contributed by atoms with Crippen LogP contribution in [0.4, 0.5) is 11.4 Å². The molecule has 0 aromatic heterocycles. The zero-order chi connectivity index (χ0) is 17.9. The van der Waals surface area contributed by atoms with Crippen molar-refractivity contribution in [2.45, 2.75) is 4.90 Å². The van der Waals surface area contributed by atoms with E-state index in [1.807, 2.05) is 42.5 Å². The van der Waals surface area contributed by atoms with E-state index in [1.54, 1.807) is 18.2 Å². The Kier molecular flexibility index (Phi) is 4.63. The van der Waals surface area contributed by atoms with Crippen molar-refractivity contribution in [2.75, 3.05) is 17.6 Å². The molecular weight excluding hydrogens is 336 g/mol. The molecule has 0 aliphatic carbocycles. The second-order valence-electron chi connectivity index (χ2n) is 5.46. The van der Waals surface area contributed by atoms with Crippen molar-refractivity contribution in [3.63, 3.8) is 0 Å². The summed E-state index contributed by atoms with van der Waals surface area (Å²) in [5.74, 6) is 0.239. The van der Waals surface area contributed by atoms with E-state index in [-0.39, 0.29) is 10.6 Å². The van der Waals surface area contributed by atoms with E-state index in [0.29, 0.717) is 11.4 Å². The molecule has 0 atom stereocenters. The average Bonchev–Trinajstić information content (AvgIpc) is 2.63. The fourth-order valence-corrected chi connectivity index (χ4v) is 3.74. The summed E-state index contributed by atoms with van der Waals surface area (Å²) in [5, 5.41) is 0. The highest BCUT2D eigenvalue weighted by atomic mass is 32.2. The van der Waals surface area contributed by atoms with Gasteiger partial charge in [-0.1, -0.05) is 42.5 Å². The van der Waals surface area contributed by atoms with Crippen molar-refractivity contribution < 1.29 is 13.2 Å². The molecule has 0 aliphatic rings. The Hall–Kier alpha value is -2.99. The minimum absolute atomic E-state index is 0.00198. The normalized spacial score (nSPS) is 11.1. The smallest absolute Gasteiger partial charge is 0.265 e. The number of anilines is 2. The summed E-state index contributed by atoms with van der Waals surface area (Å²) < 4.78 is 33.0. The number of sulfonamides is 1. The van der Waals surface area contributed by atoms with Crippen LogP contribution in [0.2, 0.25) is 0 Å². The number of hydrogen-bond acceptors (Lipinski definition) is 4. The third kappa shape index (κ3) is 3.75. The summed E-state index contributed by atoms with van der Waals surface area (Å²) in [6.45, 7) is 0. The number of nitrogens with two attached hydrogens (primary N) is 1. The molecule has 128 valence electrons. The Morgan fingerprint density at radius 2 is 1.52 bits per heavy atom. The Morgan fingerprint density at radius 1 is 0.880 bits per heavy atom. The molecule has 0 spiro atoms. The summed E-state index contributed by atoms with van der Waals surface area (Å²) in [5.41, 5.74) is 8.59. The first-order chi connectivity index (χ1) is 12.0. The lowest BCUT2D eigenvalue weighted by Gasteiger charge is -2.12. The van der Waals surface area contributed by atoms with Gasteiger partial charge in [0.1, 0.15) is 10.6 Å². The number of methoxy groups -OCH3 is 1. The number of nitrogen functional groups attached to an aromatic ring is 1. The Morgan fingerprint density at radius 3 is 2.16 bits per heavy atom. The standard InChI is InChI=1S/C19H18N2O3S/c1-24-18-12-9-16(20)13-19(18)25(22,23)21-17-10-7-15(8-11-17)14-5-3-2-4-6-14/h2-13,21H,20H2,1H3. The van der Waals surface area contributed by atoms with Crippen LogP contribution in [0, 0.1) is 0 Å². The first-order valence-electron chi connectivity index (χ1n) is 7.61. The molecule has 3 aromatic carbocycles. The molecule has 0 amide bonds. The van der Waals surface area contributed by atoms with Crippen LogP contribution < -0.4 is 15.2 Å². The second-order valence-corrected chi connectivity index (χ2v) is 7.11. The molecule has 3 N–H and O–H groups in total. The van der Waals surface area contributed by atoms with Crippen LogP contribution in [-0.2, 0) is 10.0 Å². The lowest BCUT2D eigenvalue weighted by atomic mass is 10.1. The van der Waals surface area contributed by atoms with Crippen LogP contribution in [0.5, 0.6) is 5.75 Å². The van der Waals surface area contributed by atoms with Crippen molar-refractivity contribution in [3.05, 3.63) is 72.8 Å². The van der Waals surface area contributed by atoms with Crippen molar-refractivity contribution >= 4 is 21.4 Å². The predicted octanol–water partition coefficient (Wildman–Crippen LogP) is 3.75. The van der Waals surface area contributed by atoms with Gasteiger partial charge >= 0.3 is 0 Å². The first-order valence-corrected chi connectivity index (χ1v) is 9.10. The molecule has 5 nitrogen and oxygen atoms in total. The van der Waals surface area contributed by atoms with Crippen molar-refractivity contribution in [1.82, 2.24) is 0 Å². The van der Waals surface area contributed by atoms with Gasteiger partial charge in [-0.25, -0.2) is 8.42 Å². The minimum atomic E-state index is -3.81. The maximum atomic E-state index is 12.6. The van der Waals surface area contributed by atoms with Gasteiger partial charge in [0.2, 0.25) is 0 Å². The van der Waals surface area contributed by atoms with Crippen molar-refractivity contribution in [3.8, 4) is 16.9 Å². The summed E-state index contributed by atoms with van der Waals surface area (Å²) in [6, 6.07) is 21.5. The zero-order valence-electron chi connectivity index (χ0n) is 13.6. The van der Waals surface area contributed by atoms with Gasteiger partial charge in [-0.15, -0.1) is 0 Å². The third-order valence-electron chi connectivity index (χ3n) is 3.72. The number of rotatable bonds is 5. The molecule has 0 bridgehead atoms. The Bertz CT molecular complexity index is 969. The van der Waals surface area contributed by atoms with Crippen LogP contribution in [0.3, 0.4) is 0 Å². The largest absolute Gasteiger partial charge is 0.495 e. The van der Waals surface area contributed by atoms with Crippen molar-refractivity contribution in [2.24, 2.45) is 0 Å². The van der Waals surface area contributed by atoms with Gasteiger partial charge in [-0.3, -0.25) is 4.72 Å². The number of nitrogens with one attached hydrogen (secondary N) is 1. The lowest BCUT2D eigenvalue weighted by Crippen LogP contribution is -2.14. The molecule has 0 saturated heterocycles. The van der Waals surface area contributed by atoms with E-state index in [0.717, 1.165) is 11.1 Å². The average molecular weight is 354 g/mol. The van der Waals surface area contributed by atoms with Crippen LogP contribution >= 0.6 is 0 Å². The molecule has 3 aromatic rings. The van der Waals surface area contributed by atoms with Crippen LogP contribution in [0.15, 0.2) is 77.7 Å². The fourth-order valence-electron chi connectivity index (χ4n) is 2.47. The van der Waals surface area contributed by atoms with Gasteiger partial charge in [0.15, 0.2) is 0 Å². The molecule has 0 aliphatic heterocycles. The van der Waals surface area contributed by atoms with E-state index in [4.69, 9.17) is 10.5 Å². The van der Waals surface area contributed by atoms with E-state index < -0.39 is 10.0 Å². The number of hydrogen-bond donors (Lipinski definition) is 2. The highest BCUT2D eigenvalue weighted by Gasteiger charge is 2.20. The molecule has 0 heterocycles. The monoisotopic (exact) mass is 354 g/mol. The molecular formula is C19H18N2O3S. The number of ether oxygens (including phenoxy) is 1. The van der Waals surface area contributed by atoms with Gasteiger partial charge in [-0.2, -0.15) is 0 Å². The SMILES string of the molecule is COc1ccc(N)cc1S(=O)(=O)Nc1ccc(-c2ccccc2)cc1. The third-order valence-corrected chi connectivity index (χ3v) is 5.12. The summed E-state index contributed by atoms with van der Waals surface area (Å²) in [6.07, 6.45) is 0. The van der Waals surface area contributed by atoms with Gasteiger partial charge in [-0.05, 0) is 41.5 Å². The zero-order valence-corrected chi connectivity index (χ0v) is 14.5. The molecule has 0 radical (unpaired) electrons. The fraction of sp³-hybridized carbons (Fsp3) is 0.0526.